The average molecular weight is 491 g/mol. The van der Waals surface area contributed by atoms with Gasteiger partial charge in [-0.2, -0.15) is 0 Å². The Labute approximate surface area is 221 Å². The Morgan fingerprint density at radius 3 is 1.13 bits per heavy atom. The number of ether oxygens (including phenoxy) is 2. The Bertz CT molecular complexity index is 1540. The Morgan fingerprint density at radius 2 is 0.763 bits per heavy atom. The molecule has 0 amide bonds. The molecule has 4 aromatic rings. The fourth-order valence-electron chi connectivity index (χ4n) is 3.02. The summed E-state index contributed by atoms with van der Waals surface area (Å²) in [6.07, 6.45) is 0. The van der Waals surface area contributed by atoms with E-state index in [1.54, 1.807) is 97.1 Å². The molecule has 0 aliphatic rings. The Balaban J connectivity index is 1.25. The standard InChI is InChI=1S/C34H18O4/c35-33(29-15-9-5-10-16-29)37-31-23-19-27(20-24-31)13-7-3-1-2-4-8-14-28-21-25-32(26-22-28)38-34(36)30-17-11-6-12-18-30/h5-6,9-12,15-26H. The normalized spacial score (nSPS) is 8.95. The van der Waals surface area contributed by atoms with Crippen molar-refractivity contribution in [2.45, 2.75) is 0 Å². The van der Waals surface area contributed by atoms with Crippen molar-refractivity contribution in [2.75, 3.05) is 0 Å². The fraction of sp³-hybridized carbons (Fsp3) is 0. The monoisotopic (exact) mass is 490 g/mol. The van der Waals surface area contributed by atoms with Gasteiger partial charge >= 0.3 is 11.9 Å². The van der Waals surface area contributed by atoms with Crippen LogP contribution in [0.3, 0.4) is 0 Å². The summed E-state index contributed by atoms with van der Waals surface area (Å²) in [5.41, 5.74) is 2.42. The van der Waals surface area contributed by atoms with Crippen LogP contribution in [0.1, 0.15) is 31.8 Å². The third kappa shape index (κ3) is 7.80. The molecule has 0 fully saturated rings. The van der Waals surface area contributed by atoms with Crippen LogP contribution in [-0.2, 0) is 0 Å². The van der Waals surface area contributed by atoms with Crippen LogP contribution in [0.25, 0.3) is 0 Å². The van der Waals surface area contributed by atoms with Crippen LogP contribution in [0, 0.1) is 47.4 Å². The second-order valence-corrected chi connectivity index (χ2v) is 7.56. The van der Waals surface area contributed by atoms with Crippen molar-refractivity contribution >= 4 is 11.9 Å². The maximum Gasteiger partial charge on any atom is 0.343 e. The number of hydrogen-bond donors (Lipinski definition) is 0. The lowest BCUT2D eigenvalue weighted by Crippen LogP contribution is -2.07. The van der Waals surface area contributed by atoms with E-state index in [1.165, 1.54) is 0 Å². The minimum atomic E-state index is -0.418. The maximum atomic E-state index is 12.1. The summed E-state index contributed by atoms with van der Waals surface area (Å²) in [4.78, 5) is 24.2. The lowest BCUT2D eigenvalue weighted by molar-refractivity contribution is 0.0725. The van der Waals surface area contributed by atoms with Gasteiger partial charge in [0.15, 0.2) is 0 Å². The number of rotatable bonds is 4. The zero-order valence-electron chi connectivity index (χ0n) is 20.0. The van der Waals surface area contributed by atoms with Gasteiger partial charge in [0.1, 0.15) is 11.5 Å². The fourth-order valence-corrected chi connectivity index (χ4v) is 3.02. The predicted molar refractivity (Wildman–Crippen MR) is 145 cm³/mol. The van der Waals surface area contributed by atoms with Crippen molar-refractivity contribution < 1.29 is 19.1 Å². The van der Waals surface area contributed by atoms with E-state index in [-0.39, 0.29) is 0 Å². The minimum absolute atomic E-state index is 0.418. The van der Waals surface area contributed by atoms with E-state index < -0.39 is 11.9 Å². The predicted octanol–water partition coefficient (Wildman–Crippen LogP) is 5.54. The third-order valence-electron chi connectivity index (χ3n) is 4.87. The highest BCUT2D eigenvalue weighted by atomic mass is 16.5. The second-order valence-electron chi connectivity index (χ2n) is 7.56. The first-order chi connectivity index (χ1) is 18.7. The Morgan fingerprint density at radius 1 is 0.421 bits per heavy atom. The highest BCUT2D eigenvalue weighted by Gasteiger charge is 2.08. The van der Waals surface area contributed by atoms with Crippen LogP contribution in [0.4, 0.5) is 0 Å². The van der Waals surface area contributed by atoms with E-state index >= 15 is 0 Å². The van der Waals surface area contributed by atoms with Gasteiger partial charge in [-0.3, -0.25) is 0 Å². The quantitative estimate of drug-likeness (QED) is 0.214. The van der Waals surface area contributed by atoms with Crippen molar-refractivity contribution in [3.05, 3.63) is 131 Å². The Kier molecular flexibility index (Phi) is 8.76. The molecule has 0 aliphatic carbocycles. The number of carbonyl (C=O) groups excluding carboxylic acids is 2. The summed E-state index contributed by atoms with van der Waals surface area (Å²) in [7, 11) is 0. The average Bonchev–Trinajstić information content (AvgIpc) is 2.97. The summed E-state index contributed by atoms with van der Waals surface area (Å²) in [5.74, 6) is 21.8. The van der Waals surface area contributed by atoms with Gasteiger partial charge in [-0.1, -0.05) is 48.2 Å². The van der Waals surface area contributed by atoms with E-state index in [0.29, 0.717) is 22.6 Å². The molecule has 0 unspecified atom stereocenters. The van der Waals surface area contributed by atoms with Crippen molar-refractivity contribution in [1.29, 1.82) is 0 Å². The smallest absolute Gasteiger partial charge is 0.343 e. The molecule has 0 spiro atoms. The van der Waals surface area contributed by atoms with Crippen LogP contribution in [-0.4, -0.2) is 11.9 Å². The number of hydrogen-bond acceptors (Lipinski definition) is 4. The first-order valence-corrected chi connectivity index (χ1v) is 11.4. The molecule has 4 aromatic carbocycles. The highest BCUT2D eigenvalue weighted by Crippen LogP contribution is 2.15. The maximum absolute atomic E-state index is 12.1. The van der Waals surface area contributed by atoms with Crippen LogP contribution >= 0.6 is 0 Å². The van der Waals surface area contributed by atoms with Gasteiger partial charge in [0.2, 0.25) is 0 Å². The van der Waals surface area contributed by atoms with Gasteiger partial charge in [0.25, 0.3) is 0 Å². The van der Waals surface area contributed by atoms with Crippen molar-refractivity contribution in [3.8, 4) is 58.9 Å². The summed E-state index contributed by atoms with van der Waals surface area (Å²) in [6.45, 7) is 0. The first kappa shape index (κ1) is 25.2. The molecule has 0 N–H and O–H groups in total. The van der Waals surface area contributed by atoms with E-state index in [2.05, 4.69) is 47.4 Å². The summed E-state index contributed by atoms with van der Waals surface area (Å²) in [5, 5.41) is 0. The molecule has 0 saturated carbocycles. The molecule has 0 aromatic heterocycles. The molecule has 0 radical (unpaired) electrons. The van der Waals surface area contributed by atoms with E-state index in [1.807, 2.05) is 12.1 Å². The molecular weight excluding hydrogens is 472 g/mol. The second kappa shape index (κ2) is 13.2. The van der Waals surface area contributed by atoms with Crippen molar-refractivity contribution in [2.24, 2.45) is 0 Å². The van der Waals surface area contributed by atoms with Crippen LogP contribution in [0.5, 0.6) is 11.5 Å². The van der Waals surface area contributed by atoms with Gasteiger partial charge in [-0.25, -0.2) is 9.59 Å². The van der Waals surface area contributed by atoms with Crippen molar-refractivity contribution in [3.63, 3.8) is 0 Å². The van der Waals surface area contributed by atoms with Crippen molar-refractivity contribution in [1.82, 2.24) is 0 Å². The molecule has 0 heterocycles. The van der Waals surface area contributed by atoms with Gasteiger partial charge < -0.3 is 9.47 Å². The van der Waals surface area contributed by atoms with Crippen LogP contribution in [0.15, 0.2) is 109 Å². The summed E-state index contributed by atoms with van der Waals surface area (Å²) < 4.78 is 10.7. The lowest BCUT2D eigenvalue weighted by atomic mass is 10.2. The highest BCUT2D eigenvalue weighted by molar-refractivity contribution is 5.91. The molecule has 0 saturated heterocycles. The molecule has 4 rings (SSSR count). The third-order valence-corrected chi connectivity index (χ3v) is 4.87. The molecule has 0 bridgehead atoms. The minimum Gasteiger partial charge on any atom is -0.423 e. The molecule has 178 valence electrons. The molecular formula is C34H18O4. The topological polar surface area (TPSA) is 52.6 Å². The number of benzene rings is 4. The largest absolute Gasteiger partial charge is 0.423 e. The summed E-state index contributed by atoms with van der Waals surface area (Å²) >= 11 is 0. The van der Waals surface area contributed by atoms with E-state index in [4.69, 9.17) is 9.47 Å². The number of carbonyl (C=O) groups is 2. The van der Waals surface area contributed by atoms with Gasteiger partial charge in [-0.15, -0.1) is 0 Å². The summed E-state index contributed by atoms with van der Waals surface area (Å²) in [6, 6.07) is 31.2. The van der Waals surface area contributed by atoms with E-state index in [0.717, 1.165) is 11.1 Å². The Hall–Kier alpha value is -5.94. The molecule has 0 atom stereocenters. The van der Waals surface area contributed by atoms with Gasteiger partial charge in [0, 0.05) is 11.1 Å². The molecule has 4 heteroatoms. The number of esters is 2. The lowest BCUT2D eigenvalue weighted by Gasteiger charge is -2.03. The van der Waals surface area contributed by atoms with Gasteiger partial charge in [0.05, 0.1) is 11.1 Å². The zero-order valence-corrected chi connectivity index (χ0v) is 20.0. The van der Waals surface area contributed by atoms with Crippen LogP contribution < -0.4 is 9.47 Å². The van der Waals surface area contributed by atoms with Crippen LogP contribution in [0.2, 0.25) is 0 Å². The zero-order chi connectivity index (χ0) is 26.4. The van der Waals surface area contributed by atoms with Gasteiger partial charge in [-0.05, 0) is 108 Å². The molecule has 4 nitrogen and oxygen atoms in total. The molecule has 0 aliphatic heterocycles. The SMILES string of the molecule is O=C(Oc1ccc(C#CC#CC#CC#Cc2ccc(OC(=O)c3ccccc3)cc2)cc1)c1ccccc1. The first-order valence-electron chi connectivity index (χ1n) is 11.4. The molecule has 38 heavy (non-hydrogen) atoms. The van der Waals surface area contributed by atoms with E-state index in [9.17, 15) is 9.59 Å².